The van der Waals surface area contributed by atoms with Gasteiger partial charge in [0.05, 0.1) is 6.61 Å². The molecule has 0 unspecified atom stereocenters. The van der Waals surface area contributed by atoms with Crippen LogP contribution in [0, 0.1) is 6.92 Å². The first-order chi connectivity index (χ1) is 8.79. The van der Waals surface area contributed by atoms with Gasteiger partial charge in [0.2, 0.25) is 0 Å². The second-order valence-electron chi connectivity index (χ2n) is 4.31. The van der Waals surface area contributed by atoms with E-state index >= 15 is 0 Å². The van der Waals surface area contributed by atoms with E-state index in [1.807, 2.05) is 24.5 Å². The van der Waals surface area contributed by atoms with Crippen LogP contribution in [0.5, 0.6) is 0 Å². The Balaban J connectivity index is 2.06. The van der Waals surface area contributed by atoms with E-state index in [1.54, 1.807) is 7.11 Å². The van der Waals surface area contributed by atoms with Gasteiger partial charge in [0.1, 0.15) is 0 Å². The highest BCUT2D eigenvalue weighted by atomic mass is 16.5. The summed E-state index contributed by atoms with van der Waals surface area (Å²) in [5.74, 6) is 0. The molecule has 18 heavy (non-hydrogen) atoms. The van der Waals surface area contributed by atoms with Gasteiger partial charge >= 0.3 is 0 Å². The summed E-state index contributed by atoms with van der Waals surface area (Å²) in [5.41, 5.74) is 4.64. The number of aromatic nitrogens is 1. The number of anilines is 1. The van der Waals surface area contributed by atoms with Crippen molar-refractivity contribution in [2.45, 2.75) is 20.1 Å². The van der Waals surface area contributed by atoms with Crippen LogP contribution in [-0.2, 0) is 17.9 Å². The molecule has 0 aliphatic rings. The van der Waals surface area contributed by atoms with E-state index in [2.05, 4.69) is 35.4 Å². The van der Waals surface area contributed by atoms with Gasteiger partial charge in [-0.1, -0.05) is 24.3 Å². The van der Waals surface area contributed by atoms with E-state index in [4.69, 9.17) is 4.74 Å². The maximum atomic E-state index is 5.19. The van der Waals surface area contributed by atoms with Crippen LogP contribution in [0.4, 0.5) is 5.69 Å². The van der Waals surface area contributed by atoms with E-state index in [1.165, 1.54) is 16.7 Å². The molecular formula is C15H18N2O. The van der Waals surface area contributed by atoms with Gasteiger partial charge in [-0.3, -0.25) is 4.98 Å². The fourth-order valence-electron chi connectivity index (χ4n) is 1.89. The van der Waals surface area contributed by atoms with E-state index in [0.717, 1.165) is 12.2 Å². The summed E-state index contributed by atoms with van der Waals surface area (Å²) in [7, 11) is 1.71. The maximum absolute atomic E-state index is 5.19. The molecule has 0 aliphatic carbocycles. The van der Waals surface area contributed by atoms with Crippen molar-refractivity contribution in [3.8, 4) is 0 Å². The van der Waals surface area contributed by atoms with Crippen LogP contribution in [-0.4, -0.2) is 12.1 Å². The molecule has 1 aromatic carbocycles. The van der Waals surface area contributed by atoms with Crippen LogP contribution in [0.25, 0.3) is 0 Å². The van der Waals surface area contributed by atoms with Gasteiger partial charge in [0.25, 0.3) is 0 Å². The molecular weight excluding hydrogens is 224 g/mol. The van der Waals surface area contributed by atoms with E-state index in [0.29, 0.717) is 6.61 Å². The Hall–Kier alpha value is -1.87. The zero-order chi connectivity index (χ0) is 12.8. The lowest BCUT2D eigenvalue weighted by molar-refractivity contribution is 0.185. The lowest BCUT2D eigenvalue weighted by atomic mass is 10.1. The Bertz CT molecular complexity index is 511. The minimum Gasteiger partial charge on any atom is -0.381 e. The minimum absolute atomic E-state index is 0.620. The quantitative estimate of drug-likeness (QED) is 0.874. The number of hydrogen-bond acceptors (Lipinski definition) is 3. The molecule has 1 heterocycles. The van der Waals surface area contributed by atoms with Crippen molar-refractivity contribution in [1.29, 1.82) is 0 Å². The normalized spacial score (nSPS) is 10.3. The van der Waals surface area contributed by atoms with Gasteiger partial charge < -0.3 is 10.1 Å². The summed E-state index contributed by atoms with van der Waals surface area (Å²) in [6.45, 7) is 3.44. The van der Waals surface area contributed by atoms with E-state index in [-0.39, 0.29) is 0 Å². The number of hydrogen-bond donors (Lipinski definition) is 1. The number of rotatable bonds is 5. The molecule has 3 heteroatoms. The summed E-state index contributed by atoms with van der Waals surface area (Å²) in [5, 5.41) is 3.42. The molecule has 0 atom stereocenters. The highest BCUT2D eigenvalue weighted by molar-refractivity contribution is 5.51. The van der Waals surface area contributed by atoms with Crippen molar-refractivity contribution in [2.24, 2.45) is 0 Å². The van der Waals surface area contributed by atoms with Crippen LogP contribution < -0.4 is 5.32 Å². The largest absolute Gasteiger partial charge is 0.381 e. The molecule has 94 valence electrons. The van der Waals surface area contributed by atoms with Crippen LogP contribution in [0.3, 0.4) is 0 Å². The van der Waals surface area contributed by atoms with E-state index < -0.39 is 0 Å². The first-order valence-corrected chi connectivity index (χ1v) is 6.01. The van der Waals surface area contributed by atoms with Crippen molar-refractivity contribution in [2.75, 3.05) is 12.4 Å². The van der Waals surface area contributed by atoms with Gasteiger partial charge in [-0.25, -0.2) is 0 Å². The highest BCUT2D eigenvalue weighted by Crippen LogP contribution is 2.16. The average molecular weight is 242 g/mol. The summed E-state index contributed by atoms with van der Waals surface area (Å²) in [4.78, 5) is 4.19. The molecule has 2 aromatic rings. The molecule has 0 saturated heterocycles. The van der Waals surface area contributed by atoms with Crippen molar-refractivity contribution in [3.63, 3.8) is 0 Å². The second-order valence-corrected chi connectivity index (χ2v) is 4.31. The molecule has 2 rings (SSSR count). The zero-order valence-corrected chi connectivity index (χ0v) is 10.8. The Labute approximate surface area is 108 Å². The molecule has 1 aromatic heterocycles. The fourth-order valence-corrected chi connectivity index (χ4v) is 1.89. The zero-order valence-electron chi connectivity index (χ0n) is 10.8. The first kappa shape index (κ1) is 12.6. The molecule has 1 N–H and O–H groups in total. The average Bonchev–Trinajstić information content (AvgIpc) is 2.38. The summed E-state index contributed by atoms with van der Waals surface area (Å²) >= 11 is 0. The molecule has 0 radical (unpaired) electrons. The van der Waals surface area contributed by atoms with Gasteiger partial charge in [0, 0.05) is 37.3 Å². The van der Waals surface area contributed by atoms with Gasteiger partial charge in [0.15, 0.2) is 0 Å². The molecule has 3 nitrogen and oxygen atoms in total. The Morgan fingerprint density at radius 3 is 2.83 bits per heavy atom. The number of methoxy groups -OCH3 is 1. The number of aryl methyl sites for hydroxylation is 1. The maximum Gasteiger partial charge on any atom is 0.0733 e. The van der Waals surface area contributed by atoms with Gasteiger partial charge in [-0.05, 0) is 24.1 Å². The Morgan fingerprint density at radius 2 is 2.06 bits per heavy atom. The number of benzene rings is 1. The smallest absolute Gasteiger partial charge is 0.0733 e. The number of ether oxygens (including phenoxy) is 1. The van der Waals surface area contributed by atoms with Crippen LogP contribution >= 0.6 is 0 Å². The minimum atomic E-state index is 0.620. The SMILES string of the molecule is COCc1ccccc1NCc1cncc(C)c1. The summed E-state index contributed by atoms with van der Waals surface area (Å²) in [6, 6.07) is 10.3. The second kappa shape index (κ2) is 6.17. The number of para-hydroxylation sites is 1. The Kier molecular flexibility index (Phi) is 4.31. The first-order valence-electron chi connectivity index (χ1n) is 6.01. The van der Waals surface area contributed by atoms with Crippen molar-refractivity contribution < 1.29 is 4.74 Å². The van der Waals surface area contributed by atoms with Crippen molar-refractivity contribution in [3.05, 3.63) is 59.4 Å². The highest BCUT2D eigenvalue weighted by Gasteiger charge is 2.01. The van der Waals surface area contributed by atoms with Gasteiger partial charge in [-0.15, -0.1) is 0 Å². The lowest BCUT2D eigenvalue weighted by Gasteiger charge is -2.11. The van der Waals surface area contributed by atoms with E-state index in [9.17, 15) is 0 Å². The Morgan fingerprint density at radius 1 is 1.22 bits per heavy atom. The third-order valence-corrected chi connectivity index (χ3v) is 2.73. The molecule has 0 bridgehead atoms. The number of nitrogens with zero attached hydrogens (tertiary/aromatic N) is 1. The molecule has 0 fully saturated rings. The van der Waals surface area contributed by atoms with Gasteiger partial charge in [-0.2, -0.15) is 0 Å². The molecule has 0 aliphatic heterocycles. The van der Waals surface area contributed by atoms with Crippen molar-refractivity contribution in [1.82, 2.24) is 4.98 Å². The molecule has 0 amide bonds. The van der Waals surface area contributed by atoms with Crippen LogP contribution in [0.15, 0.2) is 42.7 Å². The summed E-state index contributed by atoms with van der Waals surface area (Å²) < 4.78 is 5.19. The fraction of sp³-hybridized carbons (Fsp3) is 0.267. The predicted octanol–water partition coefficient (Wildman–Crippen LogP) is 3.15. The standard InChI is InChI=1S/C15H18N2O/c1-12-7-13(9-16-8-12)10-17-15-6-4-3-5-14(15)11-18-2/h3-9,17H,10-11H2,1-2H3. The molecule has 0 saturated carbocycles. The van der Waals surface area contributed by atoms with Crippen LogP contribution in [0.1, 0.15) is 16.7 Å². The predicted molar refractivity (Wildman–Crippen MR) is 73.5 cm³/mol. The topological polar surface area (TPSA) is 34.1 Å². The van der Waals surface area contributed by atoms with Crippen LogP contribution in [0.2, 0.25) is 0 Å². The third kappa shape index (κ3) is 3.31. The molecule has 0 spiro atoms. The number of nitrogens with one attached hydrogen (secondary N) is 1. The van der Waals surface area contributed by atoms with Crippen molar-refractivity contribution >= 4 is 5.69 Å². The summed E-state index contributed by atoms with van der Waals surface area (Å²) in [6.07, 6.45) is 3.75. The third-order valence-electron chi connectivity index (χ3n) is 2.73. The number of pyridine rings is 1. The lowest BCUT2D eigenvalue weighted by Crippen LogP contribution is -2.03. The monoisotopic (exact) mass is 242 g/mol.